The molecule has 1 aliphatic rings. The molecule has 1 heterocycles. The van der Waals surface area contributed by atoms with Crippen molar-refractivity contribution in [1.29, 1.82) is 0 Å². The van der Waals surface area contributed by atoms with E-state index in [9.17, 15) is 16.8 Å². The maximum Gasteiger partial charge on any atom is 0.303 e. The van der Waals surface area contributed by atoms with E-state index in [4.69, 9.17) is 5.14 Å². The SMILES string of the molecule is CCS(=O)(=O)NC(C)C1(Nc2ccccc2)C(F)=CN=C(Nc2ccccc2)N1S(N)(=O)=O. The third-order valence-electron chi connectivity index (χ3n) is 4.93. The van der Waals surface area contributed by atoms with Crippen molar-refractivity contribution < 1.29 is 21.2 Å². The first kappa shape index (κ1) is 24.6. The highest BCUT2D eigenvalue weighted by Gasteiger charge is 2.55. The smallest absolute Gasteiger partial charge is 0.303 e. The fourth-order valence-corrected chi connectivity index (χ4v) is 5.27. The highest BCUT2D eigenvalue weighted by molar-refractivity contribution is 7.89. The Bertz CT molecular complexity index is 1250. The predicted molar refractivity (Wildman–Crippen MR) is 126 cm³/mol. The first-order valence-corrected chi connectivity index (χ1v) is 13.1. The molecule has 2 atom stereocenters. The molecule has 0 saturated heterocycles. The lowest BCUT2D eigenvalue weighted by Gasteiger charge is -2.47. The van der Waals surface area contributed by atoms with Crippen LogP contribution in [0.5, 0.6) is 0 Å². The second-order valence-electron chi connectivity index (χ2n) is 7.23. The highest BCUT2D eigenvalue weighted by Crippen LogP contribution is 2.36. The van der Waals surface area contributed by atoms with Gasteiger partial charge in [-0.3, -0.25) is 0 Å². The number of sulfonamides is 1. The van der Waals surface area contributed by atoms with E-state index in [2.05, 4.69) is 20.3 Å². The van der Waals surface area contributed by atoms with E-state index in [-0.39, 0.29) is 11.7 Å². The quantitative estimate of drug-likeness (QED) is 0.439. The third-order valence-corrected chi connectivity index (χ3v) is 7.38. The summed E-state index contributed by atoms with van der Waals surface area (Å²) in [5, 5.41) is 11.2. The van der Waals surface area contributed by atoms with Crippen molar-refractivity contribution in [2.45, 2.75) is 25.6 Å². The molecule has 33 heavy (non-hydrogen) atoms. The van der Waals surface area contributed by atoms with Crippen LogP contribution in [-0.4, -0.2) is 44.6 Å². The first-order valence-electron chi connectivity index (χ1n) is 9.92. The Balaban J connectivity index is 2.21. The number of nitrogens with zero attached hydrogens (tertiary/aromatic N) is 2. The Hall–Kier alpha value is -3.00. The number of benzene rings is 2. The van der Waals surface area contributed by atoms with Crippen molar-refractivity contribution in [2.75, 3.05) is 16.4 Å². The summed E-state index contributed by atoms with van der Waals surface area (Å²) in [7, 11) is -8.57. The minimum Gasteiger partial charge on any atom is -0.355 e. The van der Waals surface area contributed by atoms with Gasteiger partial charge in [-0.1, -0.05) is 36.4 Å². The van der Waals surface area contributed by atoms with E-state index >= 15 is 4.39 Å². The molecule has 0 fully saturated rings. The first-order chi connectivity index (χ1) is 15.5. The summed E-state index contributed by atoms with van der Waals surface area (Å²) >= 11 is 0. The van der Waals surface area contributed by atoms with Gasteiger partial charge in [0.15, 0.2) is 11.5 Å². The number of hydrogen-bond donors (Lipinski definition) is 4. The molecule has 0 saturated carbocycles. The van der Waals surface area contributed by atoms with Crippen molar-refractivity contribution in [3.05, 3.63) is 72.7 Å². The number of para-hydroxylation sites is 2. The van der Waals surface area contributed by atoms with Crippen LogP contribution in [0.2, 0.25) is 0 Å². The molecule has 0 spiro atoms. The van der Waals surface area contributed by atoms with Crippen molar-refractivity contribution in [3.63, 3.8) is 0 Å². The van der Waals surface area contributed by atoms with Gasteiger partial charge < -0.3 is 10.6 Å². The summed E-state index contributed by atoms with van der Waals surface area (Å²) < 4.78 is 68.9. The second-order valence-corrected chi connectivity index (χ2v) is 10.7. The van der Waals surface area contributed by atoms with Crippen LogP contribution in [0.4, 0.5) is 15.8 Å². The number of nitrogens with one attached hydrogen (secondary N) is 3. The van der Waals surface area contributed by atoms with Gasteiger partial charge in [0, 0.05) is 11.4 Å². The monoisotopic (exact) mass is 496 g/mol. The minimum atomic E-state index is -4.70. The standard InChI is InChI=1S/C20H25FN6O4S2/c1-3-32(28,29)26-15(2)20(25-17-12-8-5-9-13-17)18(21)14-23-19(27(20)33(22,30)31)24-16-10-6-4-7-11-16/h4-15,25-26H,3H2,1-2H3,(H,23,24)(H2,22,30,31). The normalized spacial score (nSPS) is 19.9. The lowest BCUT2D eigenvalue weighted by atomic mass is 9.99. The molecule has 0 aliphatic carbocycles. The van der Waals surface area contributed by atoms with Gasteiger partial charge in [-0.25, -0.2) is 27.7 Å². The number of rotatable bonds is 8. The van der Waals surface area contributed by atoms with E-state index in [1.165, 1.54) is 13.8 Å². The van der Waals surface area contributed by atoms with E-state index in [1.807, 2.05) is 0 Å². The molecule has 3 rings (SSSR count). The fourth-order valence-electron chi connectivity index (χ4n) is 3.37. The topological polar surface area (TPSA) is 146 Å². The van der Waals surface area contributed by atoms with Crippen LogP contribution in [-0.2, 0) is 20.2 Å². The summed E-state index contributed by atoms with van der Waals surface area (Å²) in [6, 6.07) is 15.3. The number of guanidine groups is 1. The van der Waals surface area contributed by atoms with Crippen LogP contribution in [0.1, 0.15) is 13.8 Å². The highest BCUT2D eigenvalue weighted by atomic mass is 32.2. The maximum atomic E-state index is 15.7. The van der Waals surface area contributed by atoms with E-state index in [0.29, 0.717) is 15.7 Å². The van der Waals surface area contributed by atoms with Gasteiger partial charge in [-0.05, 0) is 38.1 Å². The number of aliphatic imine (C=N–C) groups is 1. The Morgan fingerprint density at radius 1 is 1.03 bits per heavy atom. The zero-order valence-electron chi connectivity index (χ0n) is 17.9. The van der Waals surface area contributed by atoms with Crippen molar-refractivity contribution in [1.82, 2.24) is 9.03 Å². The molecule has 178 valence electrons. The summed E-state index contributed by atoms with van der Waals surface area (Å²) in [4.78, 5) is 3.91. The molecule has 13 heteroatoms. The van der Waals surface area contributed by atoms with Crippen molar-refractivity contribution in [3.8, 4) is 0 Å². The molecule has 5 N–H and O–H groups in total. The fraction of sp³-hybridized carbons (Fsp3) is 0.250. The van der Waals surface area contributed by atoms with Crippen LogP contribution in [0, 0.1) is 0 Å². The molecular formula is C20H25FN6O4S2. The molecule has 0 radical (unpaired) electrons. The number of nitrogens with two attached hydrogens (primary N) is 1. The predicted octanol–water partition coefficient (Wildman–Crippen LogP) is 1.92. The average molecular weight is 497 g/mol. The Labute approximate surface area is 192 Å². The van der Waals surface area contributed by atoms with E-state index in [0.717, 1.165) is 6.20 Å². The van der Waals surface area contributed by atoms with Gasteiger partial charge in [0.25, 0.3) is 0 Å². The van der Waals surface area contributed by atoms with Gasteiger partial charge in [-0.15, -0.1) is 0 Å². The molecule has 0 amide bonds. The van der Waals surface area contributed by atoms with Crippen LogP contribution in [0.3, 0.4) is 0 Å². The van der Waals surface area contributed by atoms with E-state index in [1.54, 1.807) is 60.7 Å². The van der Waals surface area contributed by atoms with Crippen LogP contribution < -0.4 is 20.5 Å². The van der Waals surface area contributed by atoms with Gasteiger partial charge in [0.05, 0.1) is 18.0 Å². The van der Waals surface area contributed by atoms with Crippen LogP contribution >= 0.6 is 0 Å². The molecule has 2 aromatic rings. The van der Waals surface area contributed by atoms with Crippen molar-refractivity contribution in [2.24, 2.45) is 10.1 Å². The lowest BCUT2D eigenvalue weighted by Crippen LogP contribution is -2.71. The van der Waals surface area contributed by atoms with Gasteiger partial charge in [0.1, 0.15) is 0 Å². The van der Waals surface area contributed by atoms with Gasteiger partial charge in [0.2, 0.25) is 16.0 Å². The number of halogens is 1. The van der Waals surface area contributed by atoms with Crippen LogP contribution in [0.15, 0.2) is 77.7 Å². The van der Waals surface area contributed by atoms with Gasteiger partial charge >= 0.3 is 10.2 Å². The third kappa shape index (κ3) is 5.33. The maximum absolute atomic E-state index is 15.7. The second kappa shape index (κ2) is 9.47. The Kier molecular flexibility index (Phi) is 7.07. The molecule has 0 bridgehead atoms. The van der Waals surface area contributed by atoms with Gasteiger partial charge in [-0.2, -0.15) is 12.7 Å². The lowest BCUT2D eigenvalue weighted by molar-refractivity contribution is 0.241. The number of hydrogen-bond acceptors (Lipinski definition) is 7. The van der Waals surface area contributed by atoms with E-state index < -0.39 is 37.8 Å². The van der Waals surface area contributed by atoms with Crippen LogP contribution in [0.25, 0.3) is 0 Å². The average Bonchev–Trinajstić information content (AvgIpc) is 2.76. The Morgan fingerprint density at radius 2 is 1.58 bits per heavy atom. The largest absolute Gasteiger partial charge is 0.355 e. The molecule has 10 nitrogen and oxygen atoms in total. The molecule has 2 aromatic carbocycles. The summed E-state index contributed by atoms with van der Waals surface area (Å²) in [5.41, 5.74) is -1.54. The zero-order valence-corrected chi connectivity index (χ0v) is 19.6. The molecule has 1 aliphatic heterocycles. The molecule has 2 unspecified atom stereocenters. The summed E-state index contributed by atoms with van der Waals surface area (Å²) in [6.07, 6.45) is 0.819. The Morgan fingerprint density at radius 3 is 2.09 bits per heavy atom. The zero-order chi connectivity index (χ0) is 24.3. The molecule has 0 aromatic heterocycles. The summed E-state index contributed by atoms with van der Waals surface area (Å²) in [6.45, 7) is 2.74. The molecular weight excluding hydrogens is 471 g/mol. The number of anilines is 2. The summed E-state index contributed by atoms with van der Waals surface area (Å²) in [5.74, 6) is -1.69. The van der Waals surface area contributed by atoms with Crippen molar-refractivity contribution >= 4 is 37.6 Å². The minimum absolute atomic E-state index is 0.303.